The van der Waals surface area contributed by atoms with E-state index in [4.69, 9.17) is 5.53 Å². The average molecular weight is 338 g/mol. The van der Waals surface area contributed by atoms with Gasteiger partial charge in [-0.05, 0) is 23.2 Å². The first-order valence-electron chi connectivity index (χ1n) is 6.73. The van der Waals surface area contributed by atoms with E-state index in [2.05, 4.69) is 34.6 Å². The van der Waals surface area contributed by atoms with E-state index in [1.54, 1.807) is 36.4 Å². The molecule has 0 aliphatic heterocycles. The van der Waals surface area contributed by atoms with Crippen molar-refractivity contribution in [1.29, 1.82) is 0 Å². The molecule has 0 fully saturated rings. The molecule has 24 heavy (non-hydrogen) atoms. The van der Waals surface area contributed by atoms with Crippen LogP contribution >= 0.6 is 11.7 Å². The van der Waals surface area contributed by atoms with Gasteiger partial charge in [-0.25, -0.2) is 10.2 Å². The van der Waals surface area contributed by atoms with E-state index in [1.165, 1.54) is 6.21 Å². The first kappa shape index (κ1) is 15.4. The number of anilines is 1. The summed E-state index contributed by atoms with van der Waals surface area (Å²) in [6.07, 6.45) is 1.48. The predicted molar refractivity (Wildman–Crippen MR) is 92.4 cm³/mol. The van der Waals surface area contributed by atoms with Crippen LogP contribution in [0.5, 0.6) is 0 Å². The molecule has 1 heterocycles. The second kappa shape index (κ2) is 7.18. The van der Waals surface area contributed by atoms with Crippen molar-refractivity contribution in [3.05, 3.63) is 58.5 Å². The van der Waals surface area contributed by atoms with Gasteiger partial charge < -0.3 is 5.32 Å². The Morgan fingerprint density at radius 2 is 2.04 bits per heavy atom. The van der Waals surface area contributed by atoms with Gasteiger partial charge in [-0.1, -0.05) is 35.4 Å². The summed E-state index contributed by atoms with van der Waals surface area (Å²) in [5, 5.41) is 10.00. The average Bonchev–Trinajstić information content (AvgIpc) is 3.06. The molecule has 9 nitrogen and oxygen atoms in total. The fourth-order valence-corrected chi connectivity index (χ4v) is 2.45. The smallest absolute Gasteiger partial charge is 0.304 e. The third-order valence-corrected chi connectivity index (χ3v) is 3.51. The molecule has 0 atom stereocenters. The highest BCUT2D eigenvalue weighted by Crippen LogP contribution is 2.20. The second-order valence-corrected chi connectivity index (χ2v) is 5.07. The van der Waals surface area contributed by atoms with Crippen LogP contribution in [-0.2, 0) is 0 Å². The van der Waals surface area contributed by atoms with Gasteiger partial charge in [-0.3, -0.25) is 0 Å². The zero-order valence-corrected chi connectivity index (χ0v) is 12.9. The van der Waals surface area contributed by atoms with Gasteiger partial charge in [0, 0.05) is 10.6 Å². The summed E-state index contributed by atoms with van der Waals surface area (Å²) in [4.78, 5) is 14.6. The Kier molecular flexibility index (Phi) is 4.61. The zero-order valence-electron chi connectivity index (χ0n) is 12.1. The number of hydrazone groups is 1. The molecule has 1 aromatic heterocycles. The maximum Gasteiger partial charge on any atom is 0.339 e. The van der Waals surface area contributed by atoms with Gasteiger partial charge in [0.05, 0.1) is 23.6 Å². The highest BCUT2D eigenvalue weighted by atomic mass is 32.1. The first-order chi connectivity index (χ1) is 11.8. The number of fused-ring (bicyclic) bond motifs is 1. The molecule has 2 amide bonds. The number of benzene rings is 2. The lowest BCUT2D eigenvalue weighted by atomic mass is 10.2. The topological polar surface area (TPSA) is 128 Å². The summed E-state index contributed by atoms with van der Waals surface area (Å²) in [6, 6.07) is 11.6. The molecule has 0 aliphatic carbocycles. The molecule has 3 rings (SSSR count). The Hall–Kier alpha value is -3.49. The fourth-order valence-electron chi connectivity index (χ4n) is 1.90. The SMILES string of the molecule is [N-]=[N+]=Nc1ccc(/C=N/NC(=O)Nc2cccc3nsnc23)cc1. The molecule has 2 aromatic carbocycles. The van der Waals surface area contributed by atoms with Crippen LogP contribution in [-0.4, -0.2) is 21.0 Å². The third kappa shape index (κ3) is 3.64. The molecular formula is C14H10N8OS. The predicted octanol–water partition coefficient (Wildman–Crippen LogP) is 3.79. The molecule has 0 saturated carbocycles. The minimum Gasteiger partial charge on any atom is -0.304 e. The Bertz CT molecular complexity index is 943. The van der Waals surface area contributed by atoms with E-state index in [0.29, 0.717) is 16.9 Å². The molecule has 2 N–H and O–H groups in total. The normalized spacial score (nSPS) is 10.5. The lowest BCUT2D eigenvalue weighted by Crippen LogP contribution is -2.24. The van der Waals surface area contributed by atoms with Crippen LogP contribution in [0.25, 0.3) is 21.5 Å². The number of nitrogens with zero attached hydrogens (tertiary/aromatic N) is 6. The summed E-state index contributed by atoms with van der Waals surface area (Å²) in [6.45, 7) is 0. The van der Waals surface area contributed by atoms with E-state index in [1.807, 2.05) is 6.07 Å². The van der Waals surface area contributed by atoms with Crippen molar-refractivity contribution in [1.82, 2.24) is 14.2 Å². The molecule has 3 aromatic rings. The largest absolute Gasteiger partial charge is 0.339 e. The second-order valence-electron chi connectivity index (χ2n) is 4.54. The van der Waals surface area contributed by atoms with Crippen molar-refractivity contribution in [3.8, 4) is 0 Å². The number of azide groups is 1. The monoisotopic (exact) mass is 338 g/mol. The van der Waals surface area contributed by atoms with E-state index in [9.17, 15) is 4.79 Å². The Morgan fingerprint density at radius 3 is 2.83 bits per heavy atom. The summed E-state index contributed by atoms with van der Waals surface area (Å²) in [5.74, 6) is 0. The minimum atomic E-state index is -0.488. The summed E-state index contributed by atoms with van der Waals surface area (Å²) in [7, 11) is 0. The van der Waals surface area contributed by atoms with Gasteiger partial charge in [0.25, 0.3) is 0 Å². The molecule has 0 bridgehead atoms. The van der Waals surface area contributed by atoms with Gasteiger partial charge >= 0.3 is 6.03 Å². The number of hydrogen-bond donors (Lipinski definition) is 2. The minimum absolute atomic E-state index is 0.488. The lowest BCUT2D eigenvalue weighted by Gasteiger charge is -2.04. The van der Waals surface area contributed by atoms with Crippen molar-refractivity contribution >= 4 is 46.4 Å². The van der Waals surface area contributed by atoms with E-state index in [-0.39, 0.29) is 0 Å². The summed E-state index contributed by atoms with van der Waals surface area (Å²) < 4.78 is 8.25. The van der Waals surface area contributed by atoms with Crippen LogP contribution in [0.2, 0.25) is 0 Å². The lowest BCUT2D eigenvalue weighted by molar-refractivity contribution is 0.252. The zero-order chi connectivity index (χ0) is 16.8. The maximum absolute atomic E-state index is 11.9. The number of carbonyl (C=O) groups excluding carboxylic acids is 1. The number of rotatable bonds is 4. The van der Waals surface area contributed by atoms with Gasteiger partial charge in [-0.15, -0.1) is 0 Å². The number of carbonyl (C=O) groups is 1. The standard InChI is InChI=1S/C14H10N8OS/c15-22-18-10-6-4-9(5-7-10)8-16-19-14(23)17-11-2-1-3-12-13(11)21-24-20-12/h1-8H,(H2,17,19,23)/b16-8+. The Morgan fingerprint density at radius 1 is 1.21 bits per heavy atom. The van der Waals surface area contributed by atoms with E-state index >= 15 is 0 Å². The number of amides is 2. The number of aromatic nitrogens is 2. The van der Waals surface area contributed by atoms with Gasteiger partial charge in [0.1, 0.15) is 11.0 Å². The molecule has 118 valence electrons. The van der Waals surface area contributed by atoms with Crippen LogP contribution < -0.4 is 10.7 Å². The Balaban J connectivity index is 1.61. The van der Waals surface area contributed by atoms with Crippen molar-refractivity contribution in [2.24, 2.45) is 10.2 Å². The summed E-state index contributed by atoms with van der Waals surface area (Å²) >= 11 is 1.08. The highest BCUT2D eigenvalue weighted by molar-refractivity contribution is 7.00. The third-order valence-electron chi connectivity index (χ3n) is 2.97. The highest BCUT2D eigenvalue weighted by Gasteiger charge is 2.07. The molecule has 10 heteroatoms. The quantitative estimate of drug-likeness (QED) is 0.247. The molecule has 0 saturated heterocycles. The van der Waals surface area contributed by atoms with E-state index < -0.39 is 6.03 Å². The molecule has 0 aliphatic rings. The molecule has 0 unspecified atom stereocenters. The summed E-state index contributed by atoms with van der Waals surface area (Å²) in [5.41, 5.74) is 13.9. The van der Waals surface area contributed by atoms with E-state index in [0.717, 1.165) is 22.8 Å². The number of hydrogen-bond acceptors (Lipinski definition) is 6. The molecular weight excluding hydrogens is 328 g/mol. The van der Waals surface area contributed by atoms with Gasteiger partial charge in [0.15, 0.2) is 0 Å². The molecule has 0 radical (unpaired) electrons. The van der Waals surface area contributed by atoms with Crippen molar-refractivity contribution in [3.63, 3.8) is 0 Å². The Labute approximate surface area is 140 Å². The number of urea groups is 1. The van der Waals surface area contributed by atoms with Crippen LogP contribution in [0.4, 0.5) is 16.2 Å². The van der Waals surface area contributed by atoms with Crippen LogP contribution in [0.15, 0.2) is 52.7 Å². The fraction of sp³-hybridized carbons (Fsp3) is 0. The number of nitrogens with one attached hydrogen (secondary N) is 2. The van der Waals surface area contributed by atoms with Crippen molar-refractivity contribution in [2.45, 2.75) is 0 Å². The van der Waals surface area contributed by atoms with Crippen molar-refractivity contribution < 1.29 is 4.79 Å². The van der Waals surface area contributed by atoms with Crippen LogP contribution in [0.3, 0.4) is 0 Å². The van der Waals surface area contributed by atoms with Gasteiger partial charge in [0.2, 0.25) is 0 Å². The van der Waals surface area contributed by atoms with Gasteiger partial charge in [-0.2, -0.15) is 13.8 Å². The first-order valence-corrected chi connectivity index (χ1v) is 7.46. The molecule has 0 spiro atoms. The van der Waals surface area contributed by atoms with Crippen LogP contribution in [0.1, 0.15) is 5.56 Å². The van der Waals surface area contributed by atoms with Crippen molar-refractivity contribution in [2.75, 3.05) is 5.32 Å². The van der Waals surface area contributed by atoms with Crippen LogP contribution in [0, 0.1) is 0 Å². The maximum atomic E-state index is 11.9.